The average Bonchev–Trinajstić information content (AvgIpc) is 2.44. The van der Waals surface area contributed by atoms with Crippen LogP contribution >= 0.6 is 61.1 Å². The van der Waals surface area contributed by atoms with Gasteiger partial charge >= 0.3 is 0 Å². The van der Waals surface area contributed by atoms with Gasteiger partial charge in [-0.3, -0.25) is 4.79 Å². The molecule has 21 heavy (non-hydrogen) atoms. The van der Waals surface area contributed by atoms with E-state index < -0.39 is 0 Å². The quantitative estimate of drug-likeness (QED) is 0.331. The predicted molar refractivity (Wildman–Crippen MR) is 103 cm³/mol. The summed E-state index contributed by atoms with van der Waals surface area (Å²) in [6.45, 7) is 0. The van der Waals surface area contributed by atoms with E-state index in [1.165, 1.54) is 0 Å². The van der Waals surface area contributed by atoms with Gasteiger partial charge in [0.25, 0.3) is 5.91 Å². The molecule has 0 saturated heterocycles. The van der Waals surface area contributed by atoms with Crippen LogP contribution in [-0.2, 0) is 0 Å². The first-order valence-electron chi connectivity index (χ1n) is 5.74. The fourth-order valence-electron chi connectivity index (χ4n) is 1.52. The molecule has 2 rings (SSSR count). The van der Waals surface area contributed by atoms with Crippen LogP contribution in [-0.4, -0.2) is 17.2 Å². The van der Waals surface area contributed by atoms with E-state index in [1.54, 1.807) is 36.5 Å². The van der Waals surface area contributed by atoms with Crippen molar-refractivity contribution in [3.05, 3.63) is 59.1 Å². The summed E-state index contributed by atoms with van der Waals surface area (Å²) < 4.78 is 2.31. The van der Waals surface area contributed by atoms with E-state index in [4.69, 9.17) is 0 Å². The molecule has 0 heterocycles. The van der Waals surface area contributed by atoms with E-state index in [0.29, 0.717) is 5.56 Å². The van der Waals surface area contributed by atoms with Gasteiger partial charge in [-0.1, -0.05) is 22.0 Å². The summed E-state index contributed by atoms with van der Waals surface area (Å²) in [4.78, 5) is 11.9. The minimum atomic E-state index is -0.282. The second-order valence-electron chi connectivity index (χ2n) is 4.04. The summed E-state index contributed by atoms with van der Waals surface area (Å²) in [6.07, 6.45) is 1.54. The first-order chi connectivity index (χ1) is 9.97. The SMILES string of the molecule is O=C(N/N=C\c1cc(I)c(O)c(I)c1)c1cccc(Br)c1. The Morgan fingerprint density at radius 2 is 1.90 bits per heavy atom. The van der Waals surface area contributed by atoms with Crippen LogP contribution in [0.25, 0.3) is 0 Å². The smallest absolute Gasteiger partial charge is 0.271 e. The number of carbonyl (C=O) groups is 1. The van der Waals surface area contributed by atoms with Gasteiger partial charge in [-0.25, -0.2) is 5.43 Å². The lowest BCUT2D eigenvalue weighted by atomic mass is 10.2. The number of rotatable bonds is 3. The molecule has 7 heteroatoms. The topological polar surface area (TPSA) is 61.7 Å². The van der Waals surface area contributed by atoms with Crippen LogP contribution in [0.1, 0.15) is 15.9 Å². The molecule has 0 bridgehead atoms. The third kappa shape index (κ3) is 4.65. The Labute approximate surface area is 157 Å². The molecule has 0 unspecified atom stereocenters. The van der Waals surface area contributed by atoms with Crippen LogP contribution in [0.15, 0.2) is 46.0 Å². The van der Waals surface area contributed by atoms with Gasteiger partial charge in [0.1, 0.15) is 5.75 Å². The predicted octanol–water partition coefficient (Wildman–Crippen LogP) is 4.13. The van der Waals surface area contributed by atoms with Crippen molar-refractivity contribution in [1.82, 2.24) is 5.43 Å². The highest BCUT2D eigenvalue weighted by Gasteiger charge is 2.06. The number of nitrogens with one attached hydrogen (secondary N) is 1. The summed E-state index contributed by atoms with van der Waals surface area (Å²) in [7, 11) is 0. The molecule has 0 radical (unpaired) electrons. The Hall–Kier alpha value is -0.680. The fourth-order valence-corrected chi connectivity index (χ4v) is 3.73. The molecule has 4 nitrogen and oxygen atoms in total. The van der Waals surface area contributed by atoms with E-state index in [-0.39, 0.29) is 11.7 Å². The van der Waals surface area contributed by atoms with Gasteiger partial charge in [0.05, 0.1) is 13.4 Å². The van der Waals surface area contributed by atoms with Crippen LogP contribution in [0.4, 0.5) is 0 Å². The number of carbonyl (C=O) groups excluding carboxylic acids is 1. The van der Waals surface area contributed by atoms with Gasteiger partial charge in [0.2, 0.25) is 0 Å². The van der Waals surface area contributed by atoms with Gasteiger partial charge in [0.15, 0.2) is 0 Å². The number of phenols is 1. The van der Waals surface area contributed by atoms with Crippen molar-refractivity contribution in [2.24, 2.45) is 5.10 Å². The van der Waals surface area contributed by atoms with E-state index >= 15 is 0 Å². The van der Waals surface area contributed by atoms with E-state index in [1.807, 2.05) is 51.2 Å². The highest BCUT2D eigenvalue weighted by Crippen LogP contribution is 2.26. The molecular formula is C14H9BrI2N2O2. The lowest BCUT2D eigenvalue weighted by Gasteiger charge is -2.03. The number of aromatic hydroxyl groups is 1. The maximum Gasteiger partial charge on any atom is 0.271 e. The Morgan fingerprint density at radius 1 is 1.24 bits per heavy atom. The van der Waals surface area contributed by atoms with E-state index in [2.05, 4.69) is 26.5 Å². The molecule has 0 aliphatic carbocycles. The van der Waals surface area contributed by atoms with Crippen LogP contribution in [0.3, 0.4) is 0 Å². The van der Waals surface area contributed by atoms with Crippen molar-refractivity contribution < 1.29 is 9.90 Å². The standard InChI is InChI=1S/C14H9BrI2N2O2/c15-10-3-1-2-9(6-10)14(21)19-18-7-8-4-11(16)13(20)12(17)5-8/h1-7,20H,(H,19,21)/b18-7-. The highest BCUT2D eigenvalue weighted by atomic mass is 127. The molecule has 0 spiro atoms. The first kappa shape index (κ1) is 16.7. The zero-order valence-corrected chi connectivity index (χ0v) is 16.4. The lowest BCUT2D eigenvalue weighted by molar-refractivity contribution is 0.0955. The molecule has 0 aliphatic heterocycles. The van der Waals surface area contributed by atoms with Gasteiger partial charge in [-0.15, -0.1) is 0 Å². The Morgan fingerprint density at radius 3 is 2.52 bits per heavy atom. The molecule has 2 aromatic carbocycles. The summed E-state index contributed by atoms with van der Waals surface area (Å²) in [6, 6.07) is 10.6. The summed E-state index contributed by atoms with van der Waals surface area (Å²) in [5.74, 6) is -0.0257. The maximum atomic E-state index is 11.9. The number of amides is 1. The van der Waals surface area contributed by atoms with E-state index in [0.717, 1.165) is 17.2 Å². The van der Waals surface area contributed by atoms with Crippen molar-refractivity contribution in [1.29, 1.82) is 0 Å². The number of benzene rings is 2. The largest absolute Gasteiger partial charge is 0.506 e. The van der Waals surface area contributed by atoms with Gasteiger partial charge < -0.3 is 5.11 Å². The summed E-state index contributed by atoms with van der Waals surface area (Å²) >= 11 is 7.40. The van der Waals surface area contributed by atoms with E-state index in [9.17, 15) is 9.90 Å². The lowest BCUT2D eigenvalue weighted by Crippen LogP contribution is -2.17. The fraction of sp³-hybridized carbons (Fsp3) is 0. The minimum Gasteiger partial charge on any atom is -0.506 e. The van der Waals surface area contributed by atoms with Crippen LogP contribution < -0.4 is 5.43 Å². The molecule has 0 fully saturated rings. The number of hydrazone groups is 1. The number of nitrogens with zero attached hydrogens (tertiary/aromatic N) is 1. The van der Waals surface area contributed by atoms with Gasteiger partial charge in [0, 0.05) is 10.0 Å². The van der Waals surface area contributed by atoms with Crippen LogP contribution in [0.2, 0.25) is 0 Å². The normalized spacial score (nSPS) is 10.8. The molecule has 108 valence electrons. The van der Waals surface area contributed by atoms with Crippen molar-refractivity contribution in [2.45, 2.75) is 0 Å². The molecule has 2 N–H and O–H groups in total. The Bertz CT molecular complexity index is 697. The molecular weight excluding hydrogens is 562 g/mol. The number of hydrogen-bond donors (Lipinski definition) is 2. The second-order valence-corrected chi connectivity index (χ2v) is 7.28. The Kier molecular flexibility index (Phi) is 5.99. The van der Waals surface area contributed by atoms with Crippen LogP contribution in [0, 0.1) is 7.14 Å². The van der Waals surface area contributed by atoms with Gasteiger partial charge in [-0.05, 0) is 81.1 Å². The number of phenolic OH excluding ortho intramolecular Hbond substituents is 1. The first-order valence-corrected chi connectivity index (χ1v) is 8.69. The maximum absolute atomic E-state index is 11.9. The zero-order chi connectivity index (χ0) is 15.4. The third-order valence-electron chi connectivity index (χ3n) is 2.51. The van der Waals surface area contributed by atoms with Crippen LogP contribution in [0.5, 0.6) is 5.75 Å². The molecule has 0 aliphatic rings. The monoisotopic (exact) mass is 570 g/mol. The molecule has 0 aromatic heterocycles. The molecule has 1 amide bonds. The number of halogens is 3. The van der Waals surface area contributed by atoms with Crippen molar-refractivity contribution in [2.75, 3.05) is 0 Å². The molecule has 2 aromatic rings. The molecule has 0 saturated carbocycles. The zero-order valence-electron chi connectivity index (χ0n) is 10.5. The number of hydrogen-bond acceptors (Lipinski definition) is 3. The Balaban J connectivity index is 2.07. The summed E-state index contributed by atoms with van der Waals surface area (Å²) in [5, 5.41) is 13.6. The highest BCUT2D eigenvalue weighted by molar-refractivity contribution is 14.1. The van der Waals surface area contributed by atoms with Gasteiger partial charge in [-0.2, -0.15) is 5.10 Å². The molecule has 0 atom stereocenters. The van der Waals surface area contributed by atoms with Crippen molar-refractivity contribution in [3.63, 3.8) is 0 Å². The summed E-state index contributed by atoms with van der Waals surface area (Å²) in [5.41, 5.74) is 3.80. The van der Waals surface area contributed by atoms with Crippen molar-refractivity contribution in [3.8, 4) is 5.75 Å². The second kappa shape index (κ2) is 7.54. The van der Waals surface area contributed by atoms with Crippen molar-refractivity contribution >= 4 is 73.2 Å². The third-order valence-corrected chi connectivity index (χ3v) is 4.64. The minimum absolute atomic E-state index is 0.256. The average molecular weight is 571 g/mol.